The van der Waals surface area contributed by atoms with Gasteiger partial charge in [0.1, 0.15) is 11.4 Å². The van der Waals surface area contributed by atoms with E-state index in [1.165, 1.54) is 24.9 Å². The molecule has 0 saturated carbocycles. The average molecular weight is 607 g/mol. The van der Waals surface area contributed by atoms with E-state index in [9.17, 15) is 14.4 Å². The van der Waals surface area contributed by atoms with Crippen LogP contribution in [-0.4, -0.2) is 30.6 Å². The Hall–Kier alpha value is -4.24. The van der Waals surface area contributed by atoms with Gasteiger partial charge in [0, 0.05) is 26.2 Å². The summed E-state index contributed by atoms with van der Waals surface area (Å²) >= 11 is 13.6. The Bertz CT molecular complexity index is 1580. The largest absolute Gasteiger partial charge is 0.495 e. The Morgan fingerprint density at radius 3 is 2.27 bits per heavy atom. The minimum absolute atomic E-state index is 0.0264. The molecule has 10 heteroatoms. The highest BCUT2D eigenvalue weighted by Crippen LogP contribution is 2.28. The van der Waals surface area contributed by atoms with Crippen LogP contribution < -0.4 is 20.7 Å². The molecule has 0 aliphatic rings. The van der Waals surface area contributed by atoms with E-state index in [1.54, 1.807) is 97.1 Å². The zero-order valence-corrected chi connectivity index (χ0v) is 24.1. The summed E-state index contributed by atoms with van der Waals surface area (Å²) in [5.41, 5.74) is 2.01. The Balaban J connectivity index is 1.41. The Labute approximate surface area is 251 Å². The Kier molecular flexibility index (Phi) is 10.5. The number of benzene rings is 4. The van der Waals surface area contributed by atoms with E-state index in [4.69, 9.17) is 27.9 Å². The lowest BCUT2D eigenvalue weighted by atomic mass is 10.1. The van der Waals surface area contributed by atoms with Gasteiger partial charge < -0.3 is 20.7 Å². The molecule has 3 N–H and O–H groups in total. The number of carbonyl (C=O) groups is 3. The molecule has 0 heterocycles. The van der Waals surface area contributed by atoms with Crippen molar-refractivity contribution in [1.29, 1.82) is 0 Å². The van der Waals surface area contributed by atoms with Crippen molar-refractivity contribution < 1.29 is 19.1 Å². The molecule has 0 aliphatic heterocycles. The molecule has 7 nitrogen and oxygen atoms in total. The quantitative estimate of drug-likeness (QED) is 0.132. The minimum Gasteiger partial charge on any atom is -0.495 e. The molecule has 0 aromatic heterocycles. The average Bonchev–Trinajstić information content (AvgIpc) is 2.98. The zero-order valence-electron chi connectivity index (χ0n) is 21.8. The van der Waals surface area contributed by atoms with Gasteiger partial charge in [-0.25, -0.2) is 0 Å². The Morgan fingerprint density at radius 1 is 0.854 bits per heavy atom. The lowest BCUT2D eigenvalue weighted by Gasteiger charge is -2.12. The van der Waals surface area contributed by atoms with Crippen LogP contribution in [0.3, 0.4) is 0 Å². The van der Waals surface area contributed by atoms with Crippen molar-refractivity contribution in [3.05, 3.63) is 124 Å². The summed E-state index contributed by atoms with van der Waals surface area (Å²) in [7, 11) is 1.51. The number of rotatable bonds is 10. The maximum atomic E-state index is 13.2. The molecule has 0 bridgehead atoms. The van der Waals surface area contributed by atoms with Gasteiger partial charge >= 0.3 is 0 Å². The molecule has 0 radical (unpaired) electrons. The number of methoxy groups -OCH3 is 1. The van der Waals surface area contributed by atoms with Gasteiger partial charge in [-0.15, -0.1) is 11.8 Å². The number of hydrogen-bond acceptors (Lipinski definition) is 5. The number of amides is 3. The first-order valence-corrected chi connectivity index (χ1v) is 14.1. The van der Waals surface area contributed by atoms with Crippen LogP contribution in [0.1, 0.15) is 15.9 Å². The van der Waals surface area contributed by atoms with Gasteiger partial charge in [-0.3, -0.25) is 14.4 Å². The third-order valence-electron chi connectivity index (χ3n) is 5.65. The van der Waals surface area contributed by atoms with Crippen molar-refractivity contribution >= 4 is 70.1 Å². The van der Waals surface area contributed by atoms with E-state index in [2.05, 4.69) is 16.0 Å². The summed E-state index contributed by atoms with van der Waals surface area (Å²) in [5, 5.41) is 9.21. The Morgan fingerprint density at radius 2 is 1.56 bits per heavy atom. The van der Waals surface area contributed by atoms with Crippen LogP contribution >= 0.6 is 35.0 Å². The van der Waals surface area contributed by atoms with Crippen LogP contribution in [0.5, 0.6) is 5.75 Å². The first kappa shape index (κ1) is 29.7. The summed E-state index contributed by atoms with van der Waals surface area (Å²) in [6.45, 7) is 0. The molecule has 0 spiro atoms. The van der Waals surface area contributed by atoms with Gasteiger partial charge in [-0.2, -0.15) is 0 Å². The molecule has 0 aliphatic carbocycles. The van der Waals surface area contributed by atoms with Crippen molar-refractivity contribution in [2.45, 2.75) is 4.90 Å². The molecule has 208 valence electrons. The van der Waals surface area contributed by atoms with Gasteiger partial charge in [0.05, 0.1) is 18.6 Å². The molecule has 4 rings (SSSR count). The summed E-state index contributed by atoms with van der Waals surface area (Å²) < 4.78 is 5.26. The van der Waals surface area contributed by atoms with Crippen LogP contribution in [0.25, 0.3) is 6.08 Å². The predicted octanol–water partition coefficient (Wildman–Crippen LogP) is 7.14. The number of ether oxygens (including phenoxy) is 1. The number of nitrogens with one attached hydrogen (secondary N) is 3. The van der Waals surface area contributed by atoms with Crippen LogP contribution in [0, 0.1) is 0 Å². The predicted molar refractivity (Wildman–Crippen MR) is 166 cm³/mol. The van der Waals surface area contributed by atoms with E-state index >= 15 is 0 Å². The fourth-order valence-electron chi connectivity index (χ4n) is 3.64. The zero-order chi connectivity index (χ0) is 29.2. The number of hydrogen-bond donors (Lipinski definition) is 3. The molecule has 41 heavy (non-hydrogen) atoms. The maximum Gasteiger partial charge on any atom is 0.272 e. The molecule has 0 unspecified atom stereocenters. The fourth-order valence-corrected chi connectivity index (χ4v) is 4.70. The second-order valence-electron chi connectivity index (χ2n) is 8.56. The monoisotopic (exact) mass is 605 g/mol. The van der Waals surface area contributed by atoms with E-state index < -0.39 is 11.8 Å². The first-order valence-electron chi connectivity index (χ1n) is 12.3. The molecule has 0 atom stereocenters. The summed E-state index contributed by atoms with van der Waals surface area (Å²) in [5.74, 6) is -0.520. The normalized spacial score (nSPS) is 11.0. The SMILES string of the molecule is COc1ccc(Cl)cc1NC(=O)CSc1ccc(NC(=O)/C(=C/c2ccccc2Cl)NC(=O)c2ccccc2)cc1. The van der Waals surface area contributed by atoms with E-state index in [0.717, 1.165) is 4.90 Å². The van der Waals surface area contributed by atoms with E-state index in [-0.39, 0.29) is 17.4 Å². The molecular weight excluding hydrogens is 581 g/mol. The van der Waals surface area contributed by atoms with Crippen LogP contribution in [0.4, 0.5) is 11.4 Å². The third kappa shape index (κ3) is 8.62. The second kappa shape index (κ2) is 14.4. The van der Waals surface area contributed by atoms with E-state index in [0.29, 0.717) is 38.3 Å². The second-order valence-corrected chi connectivity index (χ2v) is 10.5. The molecule has 4 aromatic rings. The molecule has 0 saturated heterocycles. The number of halogens is 2. The highest BCUT2D eigenvalue weighted by Gasteiger charge is 2.16. The van der Waals surface area contributed by atoms with Crippen molar-refractivity contribution in [1.82, 2.24) is 5.32 Å². The van der Waals surface area contributed by atoms with Crippen LogP contribution in [0.2, 0.25) is 10.0 Å². The highest BCUT2D eigenvalue weighted by atomic mass is 35.5. The molecule has 3 amide bonds. The summed E-state index contributed by atoms with van der Waals surface area (Å²) in [6, 6.07) is 27.6. The number of anilines is 2. The topological polar surface area (TPSA) is 96.5 Å². The number of thioether (sulfide) groups is 1. The van der Waals surface area contributed by atoms with Gasteiger partial charge in [-0.1, -0.05) is 59.6 Å². The van der Waals surface area contributed by atoms with Crippen molar-refractivity contribution in [3.63, 3.8) is 0 Å². The van der Waals surface area contributed by atoms with Crippen LogP contribution in [0.15, 0.2) is 108 Å². The summed E-state index contributed by atoms with van der Waals surface area (Å²) in [6.07, 6.45) is 1.52. The third-order valence-corrected chi connectivity index (χ3v) is 7.24. The summed E-state index contributed by atoms with van der Waals surface area (Å²) in [4.78, 5) is 39.3. The van der Waals surface area contributed by atoms with Gasteiger partial charge in [0.2, 0.25) is 5.91 Å². The lowest BCUT2D eigenvalue weighted by Crippen LogP contribution is -2.30. The van der Waals surface area contributed by atoms with Crippen molar-refractivity contribution in [2.24, 2.45) is 0 Å². The fraction of sp³-hybridized carbons (Fsp3) is 0.0645. The lowest BCUT2D eigenvalue weighted by molar-refractivity contribution is -0.114. The van der Waals surface area contributed by atoms with Gasteiger partial charge in [0.25, 0.3) is 11.8 Å². The van der Waals surface area contributed by atoms with E-state index in [1.807, 2.05) is 0 Å². The molecule has 0 fully saturated rings. The van der Waals surface area contributed by atoms with Crippen molar-refractivity contribution in [2.75, 3.05) is 23.5 Å². The minimum atomic E-state index is -0.524. The maximum absolute atomic E-state index is 13.2. The standard InChI is InChI=1S/C31H25Cl2N3O4S/c1-40-28-16-11-22(32)18-26(28)35-29(37)19-41-24-14-12-23(13-15-24)34-31(39)27(17-21-9-5-6-10-25(21)33)36-30(38)20-7-3-2-4-8-20/h2-18H,19H2,1H3,(H,34,39)(H,35,37)(H,36,38)/b27-17-. The smallest absolute Gasteiger partial charge is 0.272 e. The first-order chi connectivity index (χ1) is 19.8. The van der Waals surface area contributed by atoms with Crippen LogP contribution in [-0.2, 0) is 9.59 Å². The molecular formula is C31H25Cl2N3O4S. The van der Waals surface area contributed by atoms with Gasteiger partial charge in [0.15, 0.2) is 0 Å². The highest BCUT2D eigenvalue weighted by molar-refractivity contribution is 8.00. The number of carbonyl (C=O) groups excluding carboxylic acids is 3. The molecule has 4 aromatic carbocycles. The van der Waals surface area contributed by atoms with Crippen molar-refractivity contribution in [3.8, 4) is 5.75 Å². The van der Waals surface area contributed by atoms with Gasteiger partial charge in [-0.05, 0) is 72.3 Å².